The van der Waals surface area contributed by atoms with E-state index in [9.17, 15) is 4.39 Å². The predicted octanol–water partition coefficient (Wildman–Crippen LogP) is 4.92. The zero-order valence-electron chi connectivity index (χ0n) is 8.08. The van der Waals surface area contributed by atoms with Crippen LogP contribution >= 0.6 is 23.2 Å². The van der Waals surface area contributed by atoms with E-state index in [4.69, 9.17) is 27.9 Å². The second-order valence-electron chi connectivity index (χ2n) is 3.11. The van der Waals surface area contributed by atoms with E-state index in [1.165, 1.54) is 12.1 Å². The maximum atomic E-state index is 12.9. The average Bonchev–Trinajstić information content (AvgIpc) is 2.25. The standard InChI is InChI=1S/C12H7Cl2FO/c13-10-5-2-6-11(12(10)14)16-9-4-1-3-8(15)7-9/h1-7H. The average molecular weight is 257 g/mol. The summed E-state index contributed by atoms with van der Waals surface area (Å²) in [6, 6.07) is 10.8. The third-order valence-electron chi connectivity index (χ3n) is 1.94. The zero-order chi connectivity index (χ0) is 11.5. The fourth-order valence-corrected chi connectivity index (χ4v) is 1.55. The van der Waals surface area contributed by atoms with Gasteiger partial charge in [-0.3, -0.25) is 0 Å². The summed E-state index contributed by atoms with van der Waals surface area (Å²) in [4.78, 5) is 0. The Balaban J connectivity index is 2.31. The van der Waals surface area contributed by atoms with E-state index in [2.05, 4.69) is 0 Å². The van der Waals surface area contributed by atoms with Crippen LogP contribution in [-0.2, 0) is 0 Å². The summed E-state index contributed by atoms with van der Waals surface area (Å²) >= 11 is 11.8. The maximum Gasteiger partial charge on any atom is 0.147 e. The van der Waals surface area contributed by atoms with E-state index >= 15 is 0 Å². The van der Waals surface area contributed by atoms with Gasteiger partial charge in [-0.1, -0.05) is 35.3 Å². The molecule has 2 aromatic rings. The zero-order valence-corrected chi connectivity index (χ0v) is 9.60. The number of hydrogen-bond donors (Lipinski definition) is 0. The minimum absolute atomic E-state index is 0.313. The van der Waals surface area contributed by atoms with Gasteiger partial charge in [0.2, 0.25) is 0 Å². The molecule has 0 amide bonds. The first-order valence-corrected chi connectivity index (χ1v) is 5.30. The van der Waals surface area contributed by atoms with Crippen molar-refractivity contribution in [2.75, 3.05) is 0 Å². The van der Waals surface area contributed by atoms with Gasteiger partial charge in [0, 0.05) is 6.07 Å². The minimum atomic E-state index is -0.365. The van der Waals surface area contributed by atoms with Crippen LogP contribution < -0.4 is 4.74 Å². The van der Waals surface area contributed by atoms with Crippen molar-refractivity contribution < 1.29 is 9.13 Å². The molecule has 1 nitrogen and oxygen atoms in total. The summed E-state index contributed by atoms with van der Waals surface area (Å²) in [5.41, 5.74) is 0. The summed E-state index contributed by atoms with van der Waals surface area (Å²) in [7, 11) is 0. The molecule has 0 saturated carbocycles. The summed E-state index contributed by atoms with van der Waals surface area (Å²) in [5, 5.41) is 0.712. The fourth-order valence-electron chi connectivity index (χ4n) is 1.22. The number of hydrogen-bond acceptors (Lipinski definition) is 1. The third kappa shape index (κ3) is 2.46. The summed E-state index contributed by atoms with van der Waals surface area (Å²) in [5.74, 6) is 0.416. The monoisotopic (exact) mass is 256 g/mol. The quantitative estimate of drug-likeness (QED) is 0.741. The molecule has 0 saturated heterocycles. The summed E-state index contributed by atoms with van der Waals surface area (Å²) in [6.07, 6.45) is 0. The topological polar surface area (TPSA) is 9.23 Å². The molecular formula is C12H7Cl2FO. The molecule has 0 aliphatic carbocycles. The summed E-state index contributed by atoms with van der Waals surface area (Å²) < 4.78 is 18.3. The van der Waals surface area contributed by atoms with Crippen LogP contribution in [-0.4, -0.2) is 0 Å². The van der Waals surface area contributed by atoms with Gasteiger partial charge in [-0.25, -0.2) is 4.39 Å². The van der Waals surface area contributed by atoms with Gasteiger partial charge in [-0.15, -0.1) is 0 Å². The molecule has 16 heavy (non-hydrogen) atoms. The highest BCUT2D eigenvalue weighted by Crippen LogP contribution is 2.34. The lowest BCUT2D eigenvalue weighted by atomic mass is 10.3. The molecule has 4 heteroatoms. The Bertz CT molecular complexity index is 514. The molecule has 0 radical (unpaired) electrons. The molecule has 0 fully saturated rings. The Morgan fingerprint density at radius 1 is 1.00 bits per heavy atom. The predicted molar refractivity (Wildman–Crippen MR) is 62.9 cm³/mol. The van der Waals surface area contributed by atoms with Crippen molar-refractivity contribution in [1.82, 2.24) is 0 Å². The van der Waals surface area contributed by atoms with Crippen LogP contribution in [0.4, 0.5) is 4.39 Å². The largest absolute Gasteiger partial charge is 0.456 e. The highest BCUT2D eigenvalue weighted by atomic mass is 35.5. The molecule has 0 bridgehead atoms. The Morgan fingerprint density at radius 2 is 1.75 bits per heavy atom. The molecule has 0 N–H and O–H groups in total. The van der Waals surface area contributed by atoms with Gasteiger partial charge >= 0.3 is 0 Å². The van der Waals surface area contributed by atoms with Crippen molar-refractivity contribution >= 4 is 23.2 Å². The SMILES string of the molecule is Fc1cccc(Oc2cccc(Cl)c2Cl)c1. The molecule has 2 rings (SSSR count). The second kappa shape index (κ2) is 4.73. The lowest BCUT2D eigenvalue weighted by molar-refractivity contribution is 0.477. The third-order valence-corrected chi connectivity index (χ3v) is 2.74. The van der Waals surface area contributed by atoms with Crippen LogP contribution in [0.3, 0.4) is 0 Å². The molecule has 0 aliphatic rings. The number of rotatable bonds is 2. The Morgan fingerprint density at radius 3 is 2.50 bits per heavy atom. The molecule has 0 heterocycles. The Kier molecular flexibility index (Phi) is 3.32. The molecule has 82 valence electrons. The molecular weight excluding hydrogens is 250 g/mol. The van der Waals surface area contributed by atoms with Crippen LogP contribution in [0.1, 0.15) is 0 Å². The van der Waals surface area contributed by atoms with Crippen LogP contribution in [0, 0.1) is 5.82 Å². The lowest BCUT2D eigenvalue weighted by Crippen LogP contribution is -1.86. The summed E-state index contributed by atoms with van der Waals surface area (Å²) in [6.45, 7) is 0. The van der Waals surface area contributed by atoms with Crippen LogP contribution in [0.15, 0.2) is 42.5 Å². The number of halogens is 3. The molecule has 0 spiro atoms. The van der Waals surface area contributed by atoms with Crippen LogP contribution in [0.25, 0.3) is 0 Å². The molecule has 0 unspecified atom stereocenters. The highest BCUT2D eigenvalue weighted by molar-refractivity contribution is 6.42. The van der Waals surface area contributed by atoms with Crippen molar-refractivity contribution in [2.45, 2.75) is 0 Å². The molecule has 0 atom stereocenters. The van der Waals surface area contributed by atoms with Gasteiger partial charge < -0.3 is 4.74 Å². The van der Waals surface area contributed by atoms with Crippen molar-refractivity contribution in [3.05, 3.63) is 58.3 Å². The van der Waals surface area contributed by atoms with Gasteiger partial charge in [0.1, 0.15) is 22.3 Å². The number of ether oxygens (including phenoxy) is 1. The van der Waals surface area contributed by atoms with E-state index in [-0.39, 0.29) is 5.82 Å². The van der Waals surface area contributed by atoms with Gasteiger partial charge in [0.05, 0.1) is 5.02 Å². The normalized spacial score (nSPS) is 10.2. The van der Waals surface area contributed by atoms with Gasteiger partial charge in [0.15, 0.2) is 0 Å². The van der Waals surface area contributed by atoms with Gasteiger partial charge in [-0.05, 0) is 24.3 Å². The van der Waals surface area contributed by atoms with E-state index in [0.29, 0.717) is 21.5 Å². The first kappa shape index (κ1) is 11.2. The van der Waals surface area contributed by atoms with E-state index in [1.54, 1.807) is 30.3 Å². The van der Waals surface area contributed by atoms with Crippen molar-refractivity contribution in [1.29, 1.82) is 0 Å². The van der Waals surface area contributed by atoms with Crippen LogP contribution in [0.2, 0.25) is 10.0 Å². The first-order chi connectivity index (χ1) is 7.66. The smallest absolute Gasteiger partial charge is 0.147 e. The molecule has 0 aliphatic heterocycles. The van der Waals surface area contributed by atoms with E-state index < -0.39 is 0 Å². The van der Waals surface area contributed by atoms with Gasteiger partial charge in [-0.2, -0.15) is 0 Å². The first-order valence-electron chi connectivity index (χ1n) is 4.54. The van der Waals surface area contributed by atoms with Crippen molar-refractivity contribution in [2.24, 2.45) is 0 Å². The van der Waals surface area contributed by atoms with Gasteiger partial charge in [0.25, 0.3) is 0 Å². The number of benzene rings is 2. The Hall–Kier alpha value is -1.25. The van der Waals surface area contributed by atoms with Crippen molar-refractivity contribution in [3.8, 4) is 11.5 Å². The molecule has 0 aromatic heterocycles. The van der Waals surface area contributed by atoms with E-state index in [1.807, 2.05) is 0 Å². The fraction of sp³-hybridized carbons (Fsp3) is 0. The van der Waals surface area contributed by atoms with Crippen molar-refractivity contribution in [3.63, 3.8) is 0 Å². The molecule has 2 aromatic carbocycles. The minimum Gasteiger partial charge on any atom is -0.456 e. The second-order valence-corrected chi connectivity index (χ2v) is 3.90. The van der Waals surface area contributed by atoms with E-state index in [0.717, 1.165) is 0 Å². The lowest BCUT2D eigenvalue weighted by Gasteiger charge is -2.08. The highest BCUT2D eigenvalue weighted by Gasteiger charge is 2.06. The van der Waals surface area contributed by atoms with Crippen LogP contribution in [0.5, 0.6) is 11.5 Å². The maximum absolute atomic E-state index is 12.9. The Labute approximate surface area is 102 Å².